The predicted octanol–water partition coefficient (Wildman–Crippen LogP) is -0.337. The van der Waals surface area contributed by atoms with Gasteiger partial charge in [0.05, 0.1) is 0 Å². The Morgan fingerprint density at radius 1 is 1.20 bits per heavy atom. The van der Waals surface area contributed by atoms with E-state index in [4.69, 9.17) is 4.74 Å². The Bertz CT molecular complexity index is 429. The third kappa shape index (κ3) is 4.39. The maximum Gasteiger partial charge on any atom is 0.212 e. The number of nitrogens with zero attached hydrogens (tertiary/aromatic N) is 2. The van der Waals surface area contributed by atoms with Crippen molar-refractivity contribution in [3.8, 4) is 0 Å². The van der Waals surface area contributed by atoms with E-state index in [0.29, 0.717) is 0 Å². The van der Waals surface area contributed by atoms with E-state index in [9.17, 15) is 0 Å². The van der Waals surface area contributed by atoms with Crippen molar-refractivity contribution in [2.75, 3.05) is 19.6 Å². The first-order valence-corrected chi connectivity index (χ1v) is 7.00. The Balaban J connectivity index is 0.00000200. The molecule has 1 aliphatic rings. The van der Waals surface area contributed by atoms with Gasteiger partial charge in [0.15, 0.2) is 0 Å². The van der Waals surface area contributed by atoms with Crippen LogP contribution < -0.4 is 17.8 Å². The third-order valence-electron chi connectivity index (χ3n) is 3.48. The number of rotatable bonds is 6. The SMILES string of the molecule is CCN(CC)CCC1=NNC(c2ccc(C)cc2)O1.[Cl-]. The number of benzene rings is 1. The molecule has 1 unspecified atom stereocenters. The number of hydrazone groups is 1. The van der Waals surface area contributed by atoms with Crippen LogP contribution in [0.4, 0.5) is 0 Å². The summed E-state index contributed by atoms with van der Waals surface area (Å²) in [5.41, 5.74) is 5.42. The molecule has 112 valence electrons. The van der Waals surface area contributed by atoms with E-state index in [1.807, 2.05) is 0 Å². The van der Waals surface area contributed by atoms with Gasteiger partial charge in [0, 0.05) is 18.5 Å². The summed E-state index contributed by atoms with van der Waals surface area (Å²) in [6.07, 6.45) is 0.726. The number of halogens is 1. The van der Waals surface area contributed by atoms with Gasteiger partial charge in [-0.05, 0) is 20.0 Å². The molecule has 0 spiro atoms. The van der Waals surface area contributed by atoms with Gasteiger partial charge < -0.3 is 22.0 Å². The standard InChI is InChI=1S/C15H23N3O.ClH/c1-4-18(5-2)11-10-14-16-17-15(19-14)13-8-6-12(3)7-9-13;/h6-9,15,17H,4-5,10-11H2,1-3H3;1H/p-1. The topological polar surface area (TPSA) is 36.9 Å². The minimum absolute atomic E-state index is 0. The minimum atomic E-state index is -0.132. The molecule has 0 saturated heterocycles. The van der Waals surface area contributed by atoms with E-state index < -0.39 is 0 Å². The molecule has 5 heteroatoms. The van der Waals surface area contributed by atoms with E-state index in [-0.39, 0.29) is 18.6 Å². The van der Waals surface area contributed by atoms with Crippen LogP contribution in [0.25, 0.3) is 0 Å². The van der Waals surface area contributed by atoms with E-state index in [0.717, 1.165) is 37.5 Å². The molecule has 0 bridgehead atoms. The molecule has 0 aromatic heterocycles. The molecular formula is C15H23ClN3O-. The van der Waals surface area contributed by atoms with Crippen molar-refractivity contribution in [1.82, 2.24) is 10.3 Å². The second kappa shape index (κ2) is 8.12. The summed E-state index contributed by atoms with van der Waals surface area (Å²) in [5.74, 6) is 0.803. The maximum absolute atomic E-state index is 5.84. The van der Waals surface area contributed by atoms with Gasteiger partial charge >= 0.3 is 0 Å². The smallest absolute Gasteiger partial charge is 0.212 e. The summed E-state index contributed by atoms with van der Waals surface area (Å²) in [7, 11) is 0. The lowest BCUT2D eigenvalue weighted by Crippen LogP contribution is -3.00. The van der Waals surface area contributed by atoms with Crippen molar-refractivity contribution in [3.05, 3.63) is 35.4 Å². The van der Waals surface area contributed by atoms with Crippen LogP contribution in [0.1, 0.15) is 37.6 Å². The van der Waals surface area contributed by atoms with E-state index in [2.05, 4.69) is 60.5 Å². The van der Waals surface area contributed by atoms with Crippen LogP contribution in [0.15, 0.2) is 29.4 Å². The lowest BCUT2D eigenvalue weighted by molar-refractivity contribution is -0.00000535. The quantitative estimate of drug-likeness (QED) is 0.781. The number of hydrogen-bond donors (Lipinski definition) is 1. The van der Waals surface area contributed by atoms with Crippen LogP contribution in [0, 0.1) is 6.92 Å². The fourth-order valence-corrected chi connectivity index (χ4v) is 2.11. The molecule has 0 fully saturated rings. The normalized spacial score (nSPS) is 17.2. The van der Waals surface area contributed by atoms with Gasteiger partial charge in [0.25, 0.3) is 0 Å². The first-order valence-electron chi connectivity index (χ1n) is 7.00. The zero-order valence-electron chi connectivity index (χ0n) is 12.4. The van der Waals surface area contributed by atoms with Crippen LogP contribution in [0.3, 0.4) is 0 Å². The predicted molar refractivity (Wildman–Crippen MR) is 78.0 cm³/mol. The molecular weight excluding hydrogens is 274 g/mol. The molecule has 0 amide bonds. The third-order valence-corrected chi connectivity index (χ3v) is 3.48. The summed E-state index contributed by atoms with van der Waals surface area (Å²) in [6, 6.07) is 8.34. The number of aryl methyl sites for hydroxylation is 1. The van der Waals surface area contributed by atoms with Crippen LogP contribution in [0.2, 0.25) is 0 Å². The molecule has 1 atom stereocenters. The molecule has 1 aromatic carbocycles. The van der Waals surface area contributed by atoms with Crippen molar-refractivity contribution in [2.45, 2.75) is 33.4 Å². The molecule has 1 N–H and O–H groups in total. The first-order chi connectivity index (χ1) is 9.22. The lowest BCUT2D eigenvalue weighted by atomic mass is 10.1. The summed E-state index contributed by atoms with van der Waals surface area (Å²) < 4.78 is 5.84. The van der Waals surface area contributed by atoms with Crippen LogP contribution in [-0.4, -0.2) is 30.4 Å². The molecule has 1 aromatic rings. The van der Waals surface area contributed by atoms with Gasteiger partial charge in [-0.3, -0.25) is 5.43 Å². The minimum Gasteiger partial charge on any atom is -1.00 e. The fourth-order valence-electron chi connectivity index (χ4n) is 2.11. The molecule has 4 nitrogen and oxygen atoms in total. The van der Waals surface area contributed by atoms with Gasteiger partial charge in [0.2, 0.25) is 12.1 Å². The van der Waals surface area contributed by atoms with E-state index in [1.165, 1.54) is 5.56 Å². The summed E-state index contributed by atoms with van der Waals surface area (Å²) in [4.78, 5) is 2.37. The Morgan fingerprint density at radius 2 is 1.85 bits per heavy atom. The maximum atomic E-state index is 5.84. The van der Waals surface area contributed by atoms with Crippen molar-refractivity contribution in [3.63, 3.8) is 0 Å². The summed E-state index contributed by atoms with van der Waals surface area (Å²) >= 11 is 0. The van der Waals surface area contributed by atoms with Crippen molar-refractivity contribution in [1.29, 1.82) is 0 Å². The molecule has 0 radical (unpaired) electrons. The second-order valence-corrected chi connectivity index (χ2v) is 4.82. The molecule has 1 aliphatic heterocycles. The highest BCUT2D eigenvalue weighted by atomic mass is 35.5. The second-order valence-electron chi connectivity index (χ2n) is 4.82. The summed E-state index contributed by atoms with van der Waals surface area (Å²) in [5, 5.41) is 4.27. The largest absolute Gasteiger partial charge is 1.00 e. The molecule has 0 saturated carbocycles. The Kier molecular flexibility index (Phi) is 6.82. The fraction of sp³-hybridized carbons (Fsp3) is 0.533. The monoisotopic (exact) mass is 296 g/mol. The van der Waals surface area contributed by atoms with E-state index >= 15 is 0 Å². The first kappa shape index (κ1) is 16.8. The Hall–Kier alpha value is -1.26. The van der Waals surface area contributed by atoms with Crippen molar-refractivity contribution < 1.29 is 17.1 Å². The van der Waals surface area contributed by atoms with Crippen molar-refractivity contribution in [2.24, 2.45) is 5.10 Å². The van der Waals surface area contributed by atoms with Gasteiger partial charge in [-0.2, -0.15) is 0 Å². The van der Waals surface area contributed by atoms with Crippen LogP contribution >= 0.6 is 0 Å². The van der Waals surface area contributed by atoms with Gasteiger partial charge in [0.1, 0.15) is 0 Å². The zero-order chi connectivity index (χ0) is 13.7. The molecule has 0 aliphatic carbocycles. The lowest BCUT2D eigenvalue weighted by Gasteiger charge is -2.17. The molecule has 1 heterocycles. The van der Waals surface area contributed by atoms with Crippen LogP contribution in [0.5, 0.6) is 0 Å². The molecule has 2 rings (SSSR count). The van der Waals surface area contributed by atoms with Gasteiger partial charge in [-0.25, -0.2) is 0 Å². The number of hydrogen-bond acceptors (Lipinski definition) is 4. The Labute approximate surface area is 127 Å². The zero-order valence-corrected chi connectivity index (χ0v) is 13.2. The average Bonchev–Trinajstić information content (AvgIpc) is 2.89. The summed E-state index contributed by atoms with van der Waals surface area (Å²) in [6.45, 7) is 9.56. The highest BCUT2D eigenvalue weighted by molar-refractivity contribution is 5.77. The number of ether oxygens (including phenoxy) is 1. The molecule has 20 heavy (non-hydrogen) atoms. The van der Waals surface area contributed by atoms with E-state index in [1.54, 1.807) is 0 Å². The van der Waals surface area contributed by atoms with Gasteiger partial charge in [-0.1, -0.05) is 43.7 Å². The van der Waals surface area contributed by atoms with Crippen LogP contribution in [-0.2, 0) is 4.74 Å². The highest BCUT2D eigenvalue weighted by Gasteiger charge is 2.20. The Morgan fingerprint density at radius 3 is 2.45 bits per heavy atom. The van der Waals surface area contributed by atoms with Gasteiger partial charge in [-0.15, -0.1) is 5.10 Å². The highest BCUT2D eigenvalue weighted by Crippen LogP contribution is 2.20. The van der Waals surface area contributed by atoms with Crippen molar-refractivity contribution >= 4 is 5.90 Å². The average molecular weight is 297 g/mol. The number of nitrogens with one attached hydrogen (secondary N) is 1.